The van der Waals surface area contributed by atoms with Crippen LogP contribution in [0.5, 0.6) is 0 Å². The van der Waals surface area contributed by atoms with Crippen molar-refractivity contribution < 1.29 is 4.79 Å². The number of nitrogens with one attached hydrogen (secondary N) is 1. The van der Waals surface area contributed by atoms with E-state index in [1.54, 1.807) is 0 Å². The fraction of sp³-hybridized carbons (Fsp3) is 0.364. The summed E-state index contributed by atoms with van der Waals surface area (Å²) in [5.74, 6) is 0.0445. The minimum Gasteiger partial charge on any atom is -0.398 e. The molecule has 74 valence electrons. The second kappa shape index (κ2) is 3.01. The average molecular weight is 190 g/mol. The van der Waals surface area contributed by atoms with E-state index in [2.05, 4.69) is 18.3 Å². The predicted octanol–water partition coefficient (Wildman–Crippen LogP) is 1.63. The first-order chi connectivity index (χ1) is 6.63. The van der Waals surface area contributed by atoms with E-state index in [4.69, 9.17) is 5.73 Å². The Kier molecular flexibility index (Phi) is 1.95. The highest BCUT2D eigenvalue weighted by Crippen LogP contribution is 2.34. The molecule has 0 aliphatic carbocycles. The summed E-state index contributed by atoms with van der Waals surface area (Å²) < 4.78 is 0. The maximum Gasteiger partial charge on any atom is 0.228 e. The maximum atomic E-state index is 11.2. The molecule has 0 unspecified atom stereocenters. The van der Waals surface area contributed by atoms with Crippen molar-refractivity contribution in [1.29, 1.82) is 0 Å². The topological polar surface area (TPSA) is 55.1 Å². The second-order valence-corrected chi connectivity index (χ2v) is 3.70. The van der Waals surface area contributed by atoms with Crippen molar-refractivity contribution >= 4 is 17.3 Å². The summed E-state index contributed by atoms with van der Waals surface area (Å²) in [6.07, 6.45) is 1.34. The number of fused-ring (bicyclic) bond motifs is 1. The number of nitrogens with two attached hydrogens (primary N) is 1. The van der Waals surface area contributed by atoms with E-state index < -0.39 is 0 Å². The Hall–Kier alpha value is -1.51. The van der Waals surface area contributed by atoms with Gasteiger partial charge in [-0.1, -0.05) is 13.0 Å². The van der Waals surface area contributed by atoms with E-state index in [0.717, 1.165) is 34.5 Å². The highest BCUT2D eigenvalue weighted by molar-refractivity contribution is 6.02. The van der Waals surface area contributed by atoms with Gasteiger partial charge in [0.05, 0.1) is 6.42 Å². The van der Waals surface area contributed by atoms with Crippen molar-refractivity contribution in [2.24, 2.45) is 0 Å². The molecular formula is C11H14N2O. The fourth-order valence-electron chi connectivity index (χ4n) is 1.97. The molecule has 0 bridgehead atoms. The third-order valence-corrected chi connectivity index (χ3v) is 2.74. The van der Waals surface area contributed by atoms with Crippen LogP contribution in [0.3, 0.4) is 0 Å². The van der Waals surface area contributed by atoms with Gasteiger partial charge in [-0.3, -0.25) is 4.79 Å². The van der Waals surface area contributed by atoms with Crippen molar-refractivity contribution in [3.05, 3.63) is 22.8 Å². The first kappa shape index (κ1) is 9.06. The van der Waals surface area contributed by atoms with Crippen molar-refractivity contribution in [3.8, 4) is 0 Å². The van der Waals surface area contributed by atoms with E-state index >= 15 is 0 Å². The van der Waals surface area contributed by atoms with Gasteiger partial charge in [-0.05, 0) is 24.5 Å². The number of hydrogen-bond donors (Lipinski definition) is 2. The molecule has 0 radical (unpaired) electrons. The first-order valence-electron chi connectivity index (χ1n) is 4.84. The second-order valence-electron chi connectivity index (χ2n) is 3.70. The van der Waals surface area contributed by atoms with Gasteiger partial charge in [0.1, 0.15) is 0 Å². The third-order valence-electron chi connectivity index (χ3n) is 2.74. The van der Waals surface area contributed by atoms with E-state index in [0.29, 0.717) is 6.42 Å². The molecule has 0 saturated carbocycles. The van der Waals surface area contributed by atoms with Gasteiger partial charge >= 0.3 is 0 Å². The number of aryl methyl sites for hydroxylation is 2. The minimum absolute atomic E-state index is 0.0445. The van der Waals surface area contributed by atoms with Gasteiger partial charge in [0.2, 0.25) is 5.91 Å². The molecule has 0 saturated heterocycles. The Bertz CT molecular complexity index is 410. The molecule has 3 nitrogen and oxygen atoms in total. The molecule has 1 aliphatic rings. The summed E-state index contributed by atoms with van der Waals surface area (Å²) in [5, 5.41) is 2.84. The third kappa shape index (κ3) is 1.16. The summed E-state index contributed by atoms with van der Waals surface area (Å²) in [6, 6.07) is 2.06. The lowest BCUT2D eigenvalue weighted by Crippen LogP contribution is -2.04. The highest BCUT2D eigenvalue weighted by atomic mass is 16.1. The molecule has 1 aromatic rings. The molecule has 1 heterocycles. The van der Waals surface area contributed by atoms with Crippen LogP contribution in [-0.4, -0.2) is 5.91 Å². The SMILES string of the molecule is CCc1cc(C)c2c(c1N)CC(=O)N2. The largest absolute Gasteiger partial charge is 0.398 e. The Balaban J connectivity index is 2.63. The maximum absolute atomic E-state index is 11.2. The van der Waals surface area contributed by atoms with Crippen molar-refractivity contribution in [3.63, 3.8) is 0 Å². The van der Waals surface area contributed by atoms with Gasteiger partial charge in [-0.2, -0.15) is 0 Å². The molecule has 3 N–H and O–H groups in total. The number of hydrogen-bond acceptors (Lipinski definition) is 2. The van der Waals surface area contributed by atoms with Gasteiger partial charge in [-0.15, -0.1) is 0 Å². The lowest BCUT2D eigenvalue weighted by Gasteiger charge is -2.11. The molecule has 14 heavy (non-hydrogen) atoms. The summed E-state index contributed by atoms with van der Waals surface area (Å²) in [4.78, 5) is 11.2. The van der Waals surface area contributed by atoms with E-state index in [-0.39, 0.29) is 5.91 Å². The molecule has 0 fully saturated rings. The van der Waals surface area contributed by atoms with Crippen molar-refractivity contribution in [1.82, 2.24) is 0 Å². The molecule has 0 atom stereocenters. The van der Waals surface area contributed by atoms with Crippen LogP contribution < -0.4 is 11.1 Å². The van der Waals surface area contributed by atoms with Crippen LogP contribution >= 0.6 is 0 Å². The van der Waals surface area contributed by atoms with E-state index in [1.807, 2.05) is 6.92 Å². The summed E-state index contributed by atoms with van der Waals surface area (Å²) in [6.45, 7) is 4.07. The monoisotopic (exact) mass is 190 g/mol. The Morgan fingerprint density at radius 2 is 2.29 bits per heavy atom. The van der Waals surface area contributed by atoms with Crippen molar-refractivity contribution in [2.45, 2.75) is 26.7 Å². The number of carbonyl (C=O) groups excluding carboxylic acids is 1. The lowest BCUT2D eigenvalue weighted by molar-refractivity contribution is -0.115. The summed E-state index contributed by atoms with van der Waals surface area (Å²) >= 11 is 0. The van der Waals surface area contributed by atoms with Crippen LogP contribution in [0.25, 0.3) is 0 Å². The number of amides is 1. The van der Waals surface area contributed by atoms with E-state index in [9.17, 15) is 4.79 Å². The highest BCUT2D eigenvalue weighted by Gasteiger charge is 2.23. The van der Waals surface area contributed by atoms with Crippen LogP contribution in [0.1, 0.15) is 23.6 Å². The molecule has 0 spiro atoms. The molecule has 3 heteroatoms. The van der Waals surface area contributed by atoms with E-state index in [1.165, 1.54) is 0 Å². The smallest absolute Gasteiger partial charge is 0.228 e. The predicted molar refractivity (Wildman–Crippen MR) is 57.3 cm³/mol. The average Bonchev–Trinajstić information content (AvgIpc) is 2.54. The molecule has 1 aliphatic heterocycles. The van der Waals surface area contributed by atoms with Crippen LogP contribution in [0.4, 0.5) is 11.4 Å². The lowest BCUT2D eigenvalue weighted by atomic mass is 9.99. The first-order valence-corrected chi connectivity index (χ1v) is 4.84. The molecule has 2 rings (SSSR count). The molecule has 1 amide bonds. The standard InChI is InChI=1S/C11H14N2O/c1-3-7-4-6(2)11-8(10(7)12)5-9(14)13-11/h4H,3,5,12H2,1-2H3,(H,13,14). The molecular weight excluding hydrogens is 176 g/mol. The van der Waals surface area contributed by atoms with Crippen molar-refractivity contribution in [2.75, 3.05) is 11.1 Å². The quantitative estimate of drug-likeness (QED) is 0.661. The number of rotatable bonds is 1. The van der Waals surface area contributed by atoms with Gasteiger partial charge in [-0.25, -0.2) is 0 Å². The number of carbonyl (C=O) groups is 1. The Morgan fingerprint density at radius 1 is 1.57 bits per heavy atom. The summed E-state index contributed by atoms with van der Waals surface area (Å²) in [5.41, 5.74) is 10.9. The number of anilines is 2. The minimum atomic E-state index is 0.0445. The normalized spacial score (nSPS) is 14.0. The van der Waals surface area contributed by atoms with Gasteiger partial charge in [0.15, 0.2) is 0 Å². The Labute approximate surface area is 83.3 Å². The van der Waals surface area contributed by atoms with Crippen LogP contribution in [-0.2, 0) is 17.6 Å². The zero-order chi connectivity index (χ0) is 10.3. The fourth-order valence-corrected chi connectivity index (χ4v) is 1.97. The van der Waals surface area contributed by atoms with Gasteiger partial charge in [0.25, 0.3) is 0 Å². The number of benzene rings is 1. The molecule has 1 aromatic carbocycles. The van der Waals surface area contributed by atoms with Crippen LogP contribution in [0.15, 0.2) is 6.07 Å². The van der Waals surface area contributed by atoms with Crippen LogP contribution in [0, 0.1) is 6.92 Å². The Morgan fingerprint density at radius 3 is 2.93 bits per heavy atom. The summed E-state index contributed by atoms with van der Waals surface area (Å²) in [7, 11) is 0. The zero-order valence-electron chi connectivity index (χ0n) is 8.48. The van der Waals surface area contributed by atoms with Gasteiger partial charge < -0.3 is 11.1 Å². The number of nitrogen functional groups attached to an aromatic ring is 1. The zero-order valence-corrected chi connectivity index (χ0v) is 8.48. The van der Waals surface area contributed by atoms with Crippen LogP contribution in [0.2, 0.25) is 0 Å². The van der Waals surface area contributed by atoms with Gasteiger partial charge in [0, 0.05) is 16.9 Å². The molecule has 0 aromatic heterocycles.